The quantitative estimate of drug-likeness (QED) is 0.645. The number of pyridine rings is 1. The molecule has 2 aliphatic rings. The van der Waals surface area contributed by atoms with Gasteiger partial charge in [-0.05, 0) is 56.7 Å². The molecule has 34 heavy (non-hydrogen) atoms. The van der Waals surface area contributed by atoms with Crippen molar-refractivity contribution >= 4 is 5.82 Å². The van der Waals surface area contributed by atoms with E-state index < -0.39 is 0 Å². The van der Waals surface area contributed by atoms with Gasteiger partial charge in [-0.3, -0.25) is 9.88 Å². The van der Waals surface area contributed by atoms with E-state index in [0.29, 0.717) is 11.8 Å². The maximum Gasteiger partial charge on any atom is 0.151 e. The van der Waals surface area contributed by atoms with Gasteiger partial charge >= 0.3 is 0 Å². The highest BCUT2D eigenvalue weighted by molar-refractivity contribution is 5.38. The van der Waals surface area contributed by atoms with Crippen LogP contribution in [0.3, 0.4) is 0 Å². The average Bonchev–Trinajstić information content (AvgIpc) is 2.83. The molecule has 2 aliphatic heterocycles. The summed E-state index contributed by atoms with van der Waals surface area (Å²) in [7, 11) is 6.42. The molecule has 0 aromatic carbocycles. The average molecular weight is 468 g/mol. The molecule has 7 heteroatoms. The van der Waals surface area contributed by atoms with Gasteiger partial charge in [-0.2, -0.15) is 5.10 Å². The van der Waals surface area contributed by atoms with E-state index in [0.717, 1.165) is 70.3 Å². The molecule has 0 aliphatic carbocycles. The highest BCUT2D eigenvalue weighted by Gasteiger charge is 2.18. The van der Waals surface area contributed by atoms with Gasteiger partial charge in [0.2, 0.25) is 0 Å². The summed E-state index contributed by atoms with van der Waals surface area (Å²) < 4.78 is 0. The Morgan fingerprint density at radius 1 is 0.853 bits per heavy atom. The molecule has 0 N–H and O–H groups in total. The zero-order valence-electron chi connectivity index (χ0n) is 22.5. The van der Waals surface area contributed by atoms with Crippen molar-refractivity contribution in [2.24, 2.45) is 0 Å². The van der Waals surface area contributed by atoms with Crippen LogP contribution in [-0.2, 0) is 13.0 Å². The Morgan fingerprint density at radius 2 is 1.53 bits per heavy atom. The van der Waals surface area contributed by atoms with E-state index in [1.165, 1.54) is 17.0 Å². The number of likely N-dealkylation sites (N-methyl/N-ethyl adjacent to an activating group) is 2. The van der Waals surface area contributed by atoms with E-state index in [1.807, 2.05) is 0 Å². The fourth-order valence-corrected chi connectivity index (χ4v) is 4.19. The molecule has 0 spiro atoms. The Balaban J connectivity index is 0.000000192. The fraction of sp³-hybridized carbons (Fsp3) is 0.667. The molecule has 0 amide bonds. The minimum atomic E-state index is 0.453. The van der Waals surface area contributed by atoms with Crippen molar-refractivity contribution in [3.8, 4) is 0 Å². The number of hydrogen-bond donors (Lipinski definition) is 0. The summed E-state index contributed by atoms with van der Waals surface area (Å²) in [4.78, 5) is 14.2. The minimum Gasteiger partial charge on any atom is -0.353 e. The third-order valence-electron chi connectivity index (χ3n) is 6.69. The van der Waals surface area contributed by atoms with Crippen LogP contribution in [0.1, 0.15) is 62.2 Å². The van der Waals surface area contributed by atoms with Crippen LogP contribution in [0.5, 0.6) is 0 Å². The van der Waals surface area contributed by atoms with Gasteiger partial charge in [-0.15, -0.1) is 5.10 Å². The molecule has 0 unspecified atom stereocenters. The first-order valence-electron chi connectivity index (χ1n) is 12.9. The lowest BCUT2D eigenvalue weighted by molar-refractivity contribution is 0.223. The molecule has 0 radical (unpaired) electrons. The van der Waals surface area contributed by atoms with Gasteiger partial charge in [0.15, 0.2) is 5.82 Å². The zero-order valence-corrected chi connectivity index (χ0v) is 22.5. The van der Waals surface area contributed by atoms with Crippen molar-refractivity contribution in [3.05, 3.63) is 46.9 Å². The molecule has 7 nitrogen and oxygen atoms in total. The molecule has 4 rings (SSSR count). The standard InChI is InChI=1S/C15H25N3.C12H20N4/c1-12(2)14-6-5-13-11-18(10-9-17(3)4)8-7-15(13)16-14;1-10(2)11-4-5-12(14-13-11)16-8-6-15(3)7-9-16/h5-6,12H,7-11H2,1-4H3;4-5,10H,6-9H2,1-3H3. The minimum absolute atomic E-state index is 0.453. The number of nitrogens with zero attached hydrogens (tertiary/aromatic N) is 7. The normalized spacial score (nSPS) is 17.2. The number of hydrogen-bond acceptors (Lipinski definition) is 7. The van der Waals surface area contributed by atoms with Gasteiger partial charge in [0.25, 0.3) is 0 Å². The van der Waals surface area contributed by atoms with Crippen LogP contribution >= 0.6 is 0 Å². The Morgan fingerprint density at radius 3 is 2.12 bits per heavy atom. The van der Waals surface area contributed by atoms with Crippen LogP contribution in [0.2, 0.25) is 0 Å². The molecule has 4 heterocycles. The summed E-state index contributed by atoms with van der Waals surface area (Å²) >= 11 is 0. The number of aromatic nitrogens is 3. The van der Waals surface area contributed by atoms with Crippen LogP contribution in [-0.4, -0.2) is 96.8 Å². The fourth-order valence-electron chi connectivity index (χ4n) is 4.19. The smallest absolute Gasteiger partial charge is 0.151 e. The third-order valence-corrected chi connectivity index (χ3v) is 6.69. The van der Waals surface area contributed by atoms with E-state index in [-0.39, 0.29) is 0 Å². The highest BCUT2D eigenvalue weighted by atomic mass is 15.3. The summed E-state index contributed by atoms with van der Waals surface area (Å²) in [5.41, 5.74) is 5.04. The van der Waals surface area contributed by atoms with Gasteiger partial charge < -0.3 is 14.7 Å². The van der Waals surface area contributed by atoms with Gasteiger partial charge in [0.05, 0.1) is 5.69 Å². The molecule has 1 fully saturated rings. The highest BCUT2D eigenvalue weighted by Crippen LogP contribution is 2.20. The van der Waals surface area contributed by atoms with E-state index in [9.17, 15) is 0 Å². The molecule has 0 bridgehead atoms. The van der Waals surface area contributed by atoms with Crippen molar-refractivity contribution in [2.45, 2.75) is 52.5 Å². The summed E-state index contributed by atoms with van der Waals surface area (Å²) in [5, 5.41) is 8.57. The number of piperazine rings is 1. The van der Waals surface area contributed by atoms with Crippen LogP contribution in [0.25, 0.3) is 0 Å². The topological polar surface area (TPSA) is 51.6 Å². The zero-order chi connectivity index (χ0) is 24.7. The molecule has 188 valence electrons. The maximum absolute atomic E-state index is 4.81. The lowest BCUT2D eigenvalue weighted by Gasteiger charge is -2.32. The molecule has 0 saturated carbocycles. The SMILES string of the molecule is CC(C)c1ccc(N2CCN(C)CC2)nn1.CC(C)c1ccc2c(n1)CCN(CCN(C)C)C2. The number of anilines is 1. The first-order valence-corrected chi connectivity index (χ1v) is 12.9. The summed E-state index contributed by atoms with van der Waals surface area (Å²) in [6, 6.07) is 8.65. The van der Waals surface area contributed by atoms with E-state index in [2.05, 4.69) is 103 Å². The van der Waals surface area contributed by atoms with Crippen LogP contribution in [0.4, 0.5) is 5.82 Å². The first kappa shape index (κ1) is 26.5. The van der Waals surface area contributed by atoms with Crippen molar-refractivity contribution in [1.82, 2.24) is 29.9 Å². The van der Waals surface area contributed by atoms with Gasteiger partial charge in [-0.1, -0.05) is 33.8 Å². The lowest BCUT2D eigenvalue weighted by atomic mass is 10.0. The monoisotopic (exact) mass is 467 g/mol. The predicted octanol–water partition coefficient (Wildman–Crippen LogP) is 3.48. The molecule has 2 aromatic heterocycles. The Labute approximate surface area is 207 Å². The molecule has 2 aromatic rings. The Bertz CT molecular complexity index is 871. The van der Waals surface area contributed by atoms with Gasteiger partial charge in [-0.25, -0.2) is 0 Å². The van der Waals surface area contributed by atoms with E-state index in [1.54, 1.807) is 0 Å². The summed E-state index contributed by atoms with van der Waals surface area (Å²) in [6.45, 7) is 17.5. The van der Waals surface area contributed by atoms with E-state index >= 15 is 0 Å². The second-order valence-electron chi connectivity index (χ2n) is 10.6. The summed E-state index contributed by atoms with van der Waals surface area (Å²) in [5.74, 6) is 1.99. The van der Waals surface area contributed by atoms with Crippen molar-refractivity contribution in [1.29, 1.82) is 0 Å². The van der Waals surface area contributed by atoms with Crippen molar-refractivity contribution < 1.29 is 0 Å². The van der Waals surface area contributed by atoms with Gasteiger partial charge in [0.1, 0.15) is 0 Å². The second kappa shape index (κ2) is 12.6. The molecule has 0 atom stereocenters. The molecular weight excluding hydrogens is 422 g/mol. The largest absolute Gasteiger partial charge is 0.353 e. The van der Waals surface area contributed by atoms with Crippen molar-refractivity contribution in [2.75, 3.05) is 71.9 Å². The lowest BCUT2D eigenvalue weighted by Crippen LogP contribution is -2.44. The number of fused-ring (bicyclic) bond motifs is 1. The molecular formula is C27H45N7. The Kier molecular flexibility index (Phi) is 9.80. The third kappa shape index (κ3) is 7.72. The Hall–Kier alpha value is -2.09. The van der Waals surface area contributed by atoms with E-state index in [4.69, 9.17) is 4.98 Å². The first-order chi connectivity index (χ1) is 16.2. The van der Waals surface area contributed by atoms with Crippen LogP contribution in [0, 0.1) is 0 Å². The van der Waals surface area contributed by atoms with Crippen molar-refractivity contribution in [3.63, 3.8) is 0 Å². The van der Waals surface area contributed by atoms with Crippen LogP contribution in [0.15, 0.2) is 24.3 Å². The van der Waals surface area contributed by atoms with Gasteiger partial charge in [0, 0.05) is 70.2 Å². The number of rotatable bonds is 6. The van der Waals surface area contributed by atoms with Crippen LogP contribution < -0.4 is 4.90 Å². The molecule has 1 saturated heterocycles. The second-order valence-corrected chi connectivity index (χ2v) is 10.6. The summed E-state index contributed by atoms with van der Waals surface area (Å²) in [6.07, 6.45) is 1.10. The predicted molar refractivity (Wildman–Crippen MR) is 142 cm³/mol. The maximum atomic E-state index is 4.81.